The lowest BCUT2D eigenvalue weighted by atomic mass is 9.75. The van der Waals surface area contributed by atoms with Gasteiger partial charge in [0.2, 0.25) is 0 Å². The van der Waals surface area contributed by atoms with E-state index in [1.54, 1.807) is 0 Å². The van der Waals surface area contributed by atoms with Gasteiger partial charge in [0.15, 0.2) is 0 Å². The number of hydrogen-bond acceptors (Lipinski definition) is 5. The zero-order chi connectivity index (χ0) is 15.6. The predicted octanol–water partition coefficient (Wildman–Crippen LogP) is 1.39. The quantitative estimate of drug-likeness (QED) is 0.485. The molecule has 0 heterocycles. The third-order valence-corrected chi connectivity index (χ3v) is 4.30. The topological polar surface area (TPSA) is 102 Å². The molecule has 7 heteroatoms. The lowest BCUT2D eigenvalue weighted by Gasteiger charge is -2.47. The van der Waals surface area contributed by atoms with Crippen molar-refractivity contribution in [3.63, 3.8) is 0 Å². The van der Waals surface area contributed by atoms with E-state index in [0.717, 1.165) is 19.3 Å². The van der Waals surface area contributed by atoms with Gasteiger partial charge in [-0.3, -0.25) is 14.9 Å². The van der Waals surface area contributed by atoms with Crippen LogP contribution in [0, 0.1) is 10.1 Å². The van der Waals surface area contributed by atoms with E-state index in [4.69, 9.17) is 5.73 Å². The number of nitro benzene ring substituents is 1. The van der Waals surface area contributed by atoms with Gasteiger partial charge in [-0.15, -0.1) is 0 Å². The van der Waals surface area contributed by atoms with Crippen molar-refractivity contribution in [1.82, 2.24) is 10.2 Å². The summed E-state index contributed by atoms with van der Waals surface area (Å²) < 4.78 is 0. The number of hydrogen-bond donors (Lipinski definition) is 2. The van der Waals surface area contributed by atoms with Gasteiger partial charge in [-0.05, 0) is 45.5 Å². The summed E-state index contributed by atoms with van der Waals surface area (Å²) in [5, 5.41) is 13.7. The zero-order valence-corrected chi connectivity index (χ0v) is 12.3. The molecular weight excluding hydrogens is 272 g/mol. The van der Waals surface area contributed by atoms with Crippen molar-refractivity contribution in [3.05, 3.63) is 33.9 Å². The molecule has 2 rings (SSSR count). The number of nitro groups is 1. The Hall–Kier alpha value is -2.15. The number of nitrogen functional groups attached to an aromatic ring is 1. The average Bonchev–Trinajstić information content (AvgIpc) is 2.36. The van der Waals surface area contributed by atoms with Crippen LogP contribution < -0.4 is 11.1 Å². The number of carbonyl (C=O) groups is 1. The van der Waals surface area contributed by atoms with Crippen molar-refractivity contribution in [1.29, 1.82) is 0 Å². The molecular formula is C14H20N4O3. The Kier molecular flexibility index (Phi) is 4.13. The molecule has 0 saturated heterocycles. The Morgan fingerprint density at radius 3 is 2.62 bits per heavy atom. The van der Waals surface area contributed by atoms with Gasteiger partial charge in [-0.25, -0.2) is 0 Å². The number of rotatable bonds is 5. The molecule has 0 atom stereocenters. The maximum Gasteiger partial charge on any atom is 0.292 e. The molecule has 0 radical (unpaired) electrons. The monoisotopic (exact) mass is 292 g/mol. The first-order valence-corrected chi connectivity index (χ1v) is 6.85. The van der Waals surface area contributed by atoms with Crippen LogP contribution >= 0.6 is 0 Å². The van der Waals surface area contributed by atoms with Gasteiger partial charge < -0.3 is 16.0 Å². The highest BCUT2D eigenvalue weighted by molar-refractivity contribution is 5.95. The fourth-order valence-electron chi connectivity index (χ4n) is 2.56. The normalized spacial score (nSPS) is 16.3. The SMILES string of the molecule is CN(C)C1(CNC(=O)c2ccc(N)c([N+](=O)[O-])c2)CCC1. The summed E-state index contributed by atoms with van der Waals surface area (Å²) in [5.41, 5.74) is 5.60. The van der Waals surface area contributed by atoms with Crippen LogP contribution in [0.3, 0.4) is 0 Å². The second kappa shape index (κ2) is 5.69. The van der Waals surface area contributed by atoms with Crippen LogP contribution in [-0.2, 0) is 0 Å². The van der Waals surface area contributed by atoms with Gasteiger partial charge in [0, 0.05) is 23.7 Å². The van der Waals surface area contributed by atoms with Gasteiger partial charge in [0.25, 0.3) is 11.6 Å². The molecule has 114 valence electrons. The lowest BCUT2D eigenvalue weighted by molar-refractivity contribution is -0.383. The van der Waals surface area contributed by atoms with Gasteiger partial charge in [-0.1, -0.05) is 0 Å². The number of amides is 1. The standard InChI is InChI=1S/C14H20N4O3/c1-17(2)14(6-3-7-14)9-16-13(19)10-4-5-11(15)12(8-10)18(20)21/h4-5,8H,3,6-7,9,15H2,1-2H3,(H,16,19). The third kappa shape index (κ3) is 2.97. The first-order valence-electron chi connectivity index (χ1n) is 6.85. The molecule has 21 heavy (non-hydrogen) atoms. The van der Waals surface area contributed by atoms with Crippen molar-refractivity contribution in [2.45, 2.75) is 24.8 Å². The molecule has 1 aromatic rings. The molecule has 7 nitrogen and oxygen atoms in total. The number of carbonyl (C=O) groups excluding carboxylic acids is 1. The minimum atomic E-state index is -0.584. The predicted molar refractivity (Wildman–Crippen MR) is 80.1 cm³/mol. The van der Waals surface area contributed by atoms with Crippen molar-refractivity contribution in [3.8, 4) is 0 Å². The minimum Gasteiger partial charge on any atom is -0.393 e. The molecule has 1 saturated carbocycles. The van der Waals surface area contributed by atoms with E-state index in [9.17, 15) is 14.9 Å². The summed E-state index contributed by atoms with van der Waals surface area (Å²) in [4.78, 5) is 24.5. The summed E-state index contributed by atoms with van der Waals surface area (Å²) >= 11 is 0. The van der Waals surface area contributed by atoms with Crippen molar-refractivity contribution >= 4 is 17.3 Å². The fraction of sp³-hybridized carbons (Fsp3) is 0.500. The highest BCUT2D eigenvalue weighted by Gasteiger charge is 2.39. The Balaban J connectivity index is 2.07. The van der Waals surface area contributed by atoms with Crippen molar-refractivity contribution < 1.29 is 9.72 Å². The van der Waals surface area contributed by atoms with Gasteiger partial charge in [0.1, 0.15) is 5.69 Å². The number of anilines is 1. The van der Waals surface area contributed by atoms with E-state index in [0.29, 0.717) is 6.54 Å². The summed E-state index contributed by atoms with van der Waals surface area (Å²) in [7, 11) is 4.00. The zero-order valence-electron chi connectivity index (χ0n) is 12.3. The molecule has 1 aliphatic rings. The number of nitrogens with zero attached hydrogens (tertiary/aromatic N) is 2. The van der Waals surface area contributed by atoms with Crippen LogP contribution in [0.5, 0.6) is 0 Å². The maximum absolute atomic E-state index is 12.1. The number of likely N-dealkylation sites (N-methyl/N-ethyl adjacent to an activating group) is 1. The smallest absolute Gasteiger partial charge is 0.292 e. The molecule has 3 N–H and O–H groups in total. The Labute approximate surface area is 123 Å². The van der Waals surface area contributed by atoms with Crippen LogP contribution in [0.1, 0.15) is 29.6 Å². The maximum atomic E-state index is 12.1. The van der Waals surface area contributed by atoms with E-state index < -0.39 is 4.92 Å². The van der Waals surface area contributed by atoms with E-state index in [1.165, 1.54) is 18.2 Å². The van der Waals surface area contributed by atoms with Crippen molar-refractivity contribution in [2.24, 2.45) is 0 Å². The fourth-order valence-corrected chi connectivity index (χ4v) is 2.56. The molecule has 0 aliphatic heterocycles. The van der Waals surface area contributed by atoms with E-state index >= 15 is 0 Å². The lowest BCUT2D eigenvalue weighted by Crippen LogP contribution is -2.57. The van der Waals surface area contributed by atoms with E-state index in [-0.39, 0.29) is 28.4 Å². The van der Waals surface area contributed by atoms with Crippen LogP contribution in [-0.4, -0.2) is 41.9 Å². The molecule has 0 bridgehead atoms. The first kappa shape index (κ1) is 15.2. The third-order valence-electron chi connectivity index (χ3n) is 4.30. The molecule has 1 aromatic carbocycles. The van der Waals surface area contributed by atoms with Crippen molar-refractivity contribution in [2.75, 3.05) is 26.4 Å². The number of benzene rings is 1. The number of nitrogens with one attached hydrogen (secondary N) is 1. The Morgan fingerprint density at radius 2 is 2.14 bits per heavy atom. The molecule has 0 spiro atoms. The summed E-state index contributed by atoms with van der Waals surface area (Å²) in [5.74, 6) is -0.314. The molecule has 1 fully saturated rings. The number of nitrogens with two attached hydrogens (primary N) is 1. The Bertz CT molecular complexity index is 567. The minimum absolute atomic E-state index is 0.00933. The summed E-state index contributed by atoms with van der Waals surface area (Å²) in [6.45, 7) is 0.539. The van der Waals surface area contributed by atoms with Gasteiger partial charge in [0.05, 0.1) is 4.92 Å². The van der Waals surface area contributed by atoms with Gasteiger partial charge >= 0.3 is 0 Å². The molecule has 1 amide bonds. The summed E-state index contributed by atoms with van der Waals surface area (Å²) in [6, 6.07) is 4.10. The largest absolute Gasteiger partial charge is 0.393 e. The highest BCUT2D eigenvalue weighted by Crippen LogP contribution is 2.35. The molecule has 0 aromatic heterocycles. The van der Waals surface area contributed by atoms with E-state index in [2.05, 4.69) is 10.2 Å². The average molecular weight is 292 g/mol. The van der Waals surface area contributed by atoms with Crippen LogP contribution in [0.25, 0.3) is 0 Å². The van der Waals surface area contributed by atoms with Crippen LogP contribution in [0.15, 0.2) is 18.2 Å². The van der Waals surface area contributed by atoms with Gasteiger partial charge in [-0.2, -0.15) is 0 Å². The molecule has 1 aliphatic carbocycles. The highest BCUT2D eigenvalue weighted by atomic mass is 16.6. The van der Waals surface area contributed by atoms with E-state index in [1.807, 2.05) is 14.1 Å². The van der Waals surface area contributed by atoms with Crippen LogP contribution in [0.2, 0.25) is 0 Å². The summed E-state index contributed by atoms with van der Waals surface area (Å²) in [6.07, 6.45) is 3.24. The molecule has 0 unspecified atom stereocenters. The van der Waals surface area contributed by atoms with Crippen LogP contribution in [0.4, 0.5) is 11.4 Å². The second-order valence-electron chi connectivity index (χ2n) is 5.69. The second-order valence-corrected chi connectivity index (χ2v) is 5.69. The Morgan fingerprint density at radius 1 is 1.48 bits per heavy atom. The first-order chi connectivity index (χ1) is 9.85.